The Hall–Kier alpha value is -2.92. The van der Waals surface area contributed by atoms with E-state index < -0.39 is 6.04 Å². The van der Waals surface area contributed by atoms with Gasteiger partial charge in [-0.3, -0.25) is 14.5 Å². The minimum absolute atomic E-state index is 0.0138. The monoisotopic (exact) mass is 378 g/mol. The van der Waals surface area contributed by atoms with Crippen LogP contribution in [-0.4, -0.2) is 35.9 Å². The highest BCUT2D eigenvalue weighted by Gasteiger charge is 2.36. The second-order valence-electron chi connectivity index (χ2n) is 6.91. The second kappa shape index (κ2) is 8.85. The predicted octanol–water partition coefficient (Wildman–Crippen LogP) is 3.79. The van der Waals surface area contributed by atoms with Crippen molar-refractivity contribution in [2.45, 2.75) is 32.4 Å². The van der Waals surface area contributed by atoms with Crippen LogP contribution in [0.15, 0.2) is 61.2 Å². The molecule has 0 bridgehead atoms. The van der Waals surface area contributed by atoms with E-state index in [1.807, 2.05) is 55.5 Å². The lowest BCUT2D eigenvalue weighted by Crippen LogP contribution is -2.45. The molecule has 1 heterocycles. The summed E-state index contributed by atoms with van der Waals surface area (Å²) in [5.41, 5.74) is 3.08. The summed E-state index contributed by atoms with van der Waals surface area (Å²) in [7, 11) is 0. The molecular weight excluding hydrogens is 352 g/mol. The van der Waals surface area contributed by atoms with E-state index in [4.69, 9.17) is 4.74 Å². The highest BCUT2D eigenvalue weighted by molar-refractivity contribution is 6.10. The third kappa shape index (κ3) is 4.15. The summed E-state index contributed by atoms with van der Waals surface area (Å²) in [6.07, 6.45) is 0.713. The molecule has 5 heteroatoms. The van der Waals surface area contributed by atoms with Crippen molar-refractivity contribution in [2.75, 3.05) is 13.2 Å². The maximum Gasteiger partial charge on any atom is 0.259 e. The molecule has 2 aromatic rings. The largest absolute Gasteiger partial charge is 0.374 e. The maximum absolute atomic E-state index is 12.6. The van der Waals surface area contributed by atoms with Crippen LogP contribution < -0.4 is 5.32 Å². The van der Waals surface area contributed by atoms with Crippen LogP contribution in [0.5, 0.6) is 0 Å². The van der Waals surface area contributed by atoms with Crippen LogP contribution in [0.25, 0.3) is 5.70 Å². The number of amides is 2. The number of nitrogens with one attached hydrogen (secondary N) is 1. The predicted molar refractivity (Wildman–Crippen MR) is 110 cm³/mol. The van der Waals surface area contributed by atoms with Gasteiger partial charge < -0.3 is 10.1 Å². The quantitative estimate of drug-likeness (QED) is 0.711. The lowest BCUT2D eigenvalue weighted by Gasteiger charge is -2.24. The number of hydrogen-bond acceptors (Lipinski definition) is 3. The topological polar surface area (TPSA) is 58.6 Å². The van der Waals surface area contributed by atoms with Crippen molar-refractivity contribution in [3.8, 4) is 0 Å². The van der Waals surface area contributed by atoms with E-state index in [0.29, 0.717) is 30.8 Å². The van der Waals surface area contributed by atoms with Crippen LogP contribution in [0.3, 0.4) is 0 Å². The van der Waals surface area contributed by atoms with Crippen molar-refractivity contribution in [2.24, 2.45) is 0 Å². The van der Waals surface area contributed by atoms with Gasteiger partial charge in [0.15, 0.2) is 0 Å². The van der Waals surface area contributed by atoms with E-state index in [-0.39, 0.29) is 17.9 Å². The minimum atomic E-state index is -0.614. The summed E-state index contributed by atoms with van der Waals surface area (Å²) in [5.74, 6) is -0.373. The molecule has 0 aliphatic carbocycles. The average Bonchev–Trinajstić information content (AvgIpc) is 2.98. The summed E-state index contributed by atoms with van der Waals surface area (Å²) in [6.45, 7) is 8.77. The number of ether oxygens (including phenoxy) is 1. The lowest BCUT2D eigenvalue weighted by atomic mass is 10.1. The zero-order valence-corrected chi connectivity index (χ0v) is 16.4. The normalized spacial score (nSPS) is 15.3. The van der Waals surface area contributed by atoms with Gasteiger partial charge in [0.05, 0.1) is 6.10 Å². The van der Waals surface area contributed by atoms with Crippen LogP contribution in [0.2, 0.25) is 0 Å². The van der Waals surface area contributed by atoms with Gasteiger partial charge >= 0.3 is 0 Å². The van der Waals surface area contributed by atoms with Crippen molar-refractivity contribution in [1.29, 1.82) is 0 Å². The van der Waals surface area contributed by atoms with Gasteiger partial charge in [-0.15, -0.1) is 0 Å². The standard InChI is InChI=1S/C23H26N2O3/c1-16-20-12-7-8-13-21(20)23(27)25(16)17(2)22(26)24-14-9-15-28-18(3)19-10-5-4-6-11-19/h4-8,10-13,17-18H,1,9,14-15H2,2-3H3,(H,24,26). The zero-order chi connectivity index (χ0) is 20.1. The number of carbonyl (C=O) groups excluding carboxylic acids is 2. The first-order valence-electron chi connectivity index (χ1n) is 9.57. The summed E-state index contributed by atoms with van der Waals surface area (Å²) < 4.78 is 5.82. The SMILES string of the molecule is C=C1c2ccccc2C(=O)N1C(C)C(=O)NCCCOC(C)c1ccccc1. The molecule has 0 spiro atoms. The third-order valence-electron chi connectivity index (χ3n) is 5.00. The van der Waals surface area contributed by atoms with Gasteiger partial charge in [-0.2, -0.15) is 0 Å². The number of benzene rings is 2. The molecule has 1 N–H and O–H groups in total. The fourth-order valence-corrected chi connectivity index (χ4v) is 3.34. The molecule has 146 valence electrons. The average molecular weight is 378 g/mol. The van der Waals surface area contributed by atoms with Crippen LogP contribution in [0.1, 0.15) is 47.9 Å². The van der Waals surface area contributed by atoms with Crippen LogP contribution in [-0.2, 0) is 9.53 Å². The Morgan fingerprint density at radius 3 is 2.39 bits per heavy atom. The van der Waals surface area contributed by atoms with Crippen LogP contribution in [0.4, 0.5) is 0 Å². The highest BCUT2D eigenvalue weighted by atomic mass is 16.5. The fourth-order valence-electron chi connectivity index (χ4n) is 3.34. The Bertz CT molecular complexity index is 828. The molecule has 0 aromatic heterocycles. The number of rotatable bonds is 8. The van der Waals surface area contributed by atoms with E-state index in [1.54, 1.807) is 13.0 Å². The van der Waals surface area contributed by atoms with E-state index in [0.717, 1.165) is 11.1 Å². The Balaban J connectivity index is 1.44. The summed E-state index contributed by atoms with van der Waals surface area (Å²) in [6, 6.07) is 16.7. The van der Waals surface area contributed by atoms with Crippen molar-refractivity contribution in [1.82, 2.24) is 10.2 Å². The molecular formula is C23H26N2O3. The van der Waals surface area contributed by atoms with Crippen LogP contribution >= 0.6 is 0 Å². The molecule has 0 fully saturated rings. The van der Waals surface area contributed by atoms with Crippen LogP contribution in [0, 0.1) is 0 Å². The zero-order valence-electron chi connectivity index (χ0n) is 16.4. The van der Waals surface area contributed by atoms with Gasteiger partial charge in [0.2, 0.25) is 5.91 Å². The molecule has 2 unspecified atom stereocenters. The third-order valence-corrected chi connectivity index (χ3v) is 5.00. The maximum atomic E-state index is 12.6. The molecule has 1 aliphatic rings. The van der Waals surface area contributed by atoms with E-state index in [1.165, 1.54) is 4.90 Å². The number of carbonyl (C=O) groups is 2. The van der Waals surface area contributed by atoms with Crippen molar-refractivity contribution >= 4 is 17.5 Å². The Morgan fingerprint density at radius 2 is 1.71 bits per heavy atom. The lowest BCUT2D eigenvalue weighted by molar-refractivity contribution is -0.124. The molecule has 28 heavy (non-hydrogen) atoms. The van der Waals surface area contributed by atoms with Gasteiger partial charge in [0, 0.05) is 30.0 Å². The van der Waals surface area contributed by atoms with E-state index in [9.17, 15) is 9.59 Å². The summed E-state index contributed by atoms with van der Waals surface area (Å²) in [5, 5.41) is 2.89. The van der Waals surface area contributed by atoms with E-state index in [2.05, 4.69) is 11.9 Å². The first-order chi connectivity index (χ1) is 13.5. The fraction of sp³-hybridized carbons (Fsp3) is 0.304. The number of hydrogen-bond donors (Lipinski definition) is 1. The van der Waals surface area contributed by atoms with Gasteiger partial charge in [0.1, 0.15) is 6.04 Å². The van der Waals surface area contributed by atoms with Gasteiger partial charge in [0.25, 0.3) is 5.91 Å². The van der Waals surface area contributed by atoms with Gasteiger partial charge in [-0.1, -0.05) is 55.1 Å². The first kappa shape index (κ1) is 19.8. The summed E-state index contributed by atoms with van der Waals surface area (Å²) in [4.78, 5) is 26.6. The van der Waals surface area contributed by atoms with E-state index >= 15 is 0 Å². The molecule has 0 saturated carbocycles. The van der Waals surface area contributed by atoms with Crippen molar-refractivity contribution in [3.63, 3.8) is 0 Å². The number of nitrogens with zero attached hydrogens (tertiary/aromatic N) is 1. The molecule has 0 radical (unpaired) electrons. The second-order valence-corrected chi connectivity index (χ2v) is 6.91. The van der Waals surface area contributed by atoms with Crippen molar-refractivity contribution in [3.05, 3.63) is 77.9 Å². The molecule has 1 aliphatic heterocycles. The Kier molecular flexibility index (Phi) is 6.26. The molecule has 2 aromatic carbocycles. The Labute approximate surface area is 166 Å². The molecule has 2 atom stereocenters. The highest BCUT2D eigenvalue weighted by Crippen LogP contribution is 2.32. The minimum Gasteiger partial charge on any atom is -0.374 e. The molecule has 0 saturated heterocycles. The van der Waals surface area contributed by atoms with Crippen molar-refractivity contribution < 1.29 is 14.3 Å². The molecule has 5 nitrogen and oxygen atoms in total. The number of fused-ring (bicyclic) bond motifs is 1. The van der Waals surface area contributed by atoms with Gasteiger partial charge in [-0.25, -0.2) is 0 Å². The molecule has 3 rings (SSSR count). The Morgan fingerprint density at radius 1 is 1.07 bits per heavy atom. The summed E-state index contributed by atoms with van der Waals surface area (Å²) >= 11 is 0. The van der Waals surface area contributed by atoms with Gasteiger partial charge in [-0.05, 0) is 31.9 Å². The smallest absolute Gasteiger partial charge is 0.259 e. The first-order valence-corrected chi connectivity index (χ1v) is 9.57. The molecule has 2 amide bonds.